The fourth-order valence-corrected chi connectivity index (χ4v) is 1.77. The minimum atomic E-state index is 1.07. The summed E-state index contributed by atoms with van der Waals surface area (Å²) in [6.45, 7) is 6.36. The van der Waals surface area contributed by atoms with Gasteiger partial charge >= 0.3 is 0 Å². The zero-order chi connectivity index (χ0) is 10.6. The van der Waals surface area contributed by atoms with Gasteiger partial charge in [0, 0.05) is 9.26 Å². The van der Waals surface area contributed by atoms with Crippen molar-refractivity contribution in [3.8, 4) is 0 Å². The van der Waals surface area contributed by atoms with Gasteiger partial charge in [-0.15, -0.1) is 0 Å². The van der Waals surface area contributed by atoms with Crippen molar-refractivity contribution in [2.45, 2.75) is 27.2 Å². The van der Waals surface area contributed by atoms with E-state index in [2.05, 4.69) is 66.9 Å². The standard InChI is InChI=1S/C12H16IN/c1-4-10-7-11(13)5-6-12(10)14-8-9(2)3/h5-8,14H,4H2,1-3H3. The van der Waals surface area contributed by atoms with Crippen molar-refractivity contribution in [1.82, 2.24) is 0 Å². The van der Waals surface area contributed by atoms with E-state index in [1.54, 1.807) is 0 Å². The van der Waals surface area contributed by atoms with Crippen molar-refractivity contribution >= 4 is 28.3 Å². The van der Waals surface area contributed by atoms with Gasteiger partial charge in [-0.05, 0) is 72.8 Å². The summed E-state index contributed by atoms with van der Waals surface area (Å²) in [7, 11) is 0. The monoisotopic (exact) mass is 301 g/mol. The molecule has 1 aromatic carbocycles. The van der Waals surface area contributed by atoms with E-state index in [9.17, 15) is 0 Å². The predicted octanol–water partition coefficient (Wildman–Crippen LogP) is 4.19. The Hall–Kier alpha value is -0.510. The zero-order valence-corrected chi connectivity index (χ0v) is 11.1. The highest BCUT2D eigenvalue weighted by Gasteiger charge is 1.99. The summed E-state index contributed by atoms with van der Waals surface area (Å²) in [6, 6.07) is 6.49. The largest absolute Gasteiger partial charge is 0.362 e. The first kappa shape index (κ1) is 11.6. The summed E-state index contributed by atoms with van der Waals surface area (Å²) >= 11 is 2.34. The van der Waals surface area contributed by atoms with Gasteiger partial charge in [0.05, 0.1) is 0 Å². The summed E-state index contributed by atoms with van der Waals surface area (Å²) < 4.78 is 1.29. The Balaban J connectivity index is 2.91. The normalized spacial score (nSPS) is 9.71. The smallest absolute Gasteiger partial charge is 0.0412 e. The minimum absolute atomic E-state index is 1.07. The molecule has 0 atom stereocenters. The number of nitrogens with one attached hydrogen (secondary N) is 1. The molecule has 0 fully saturated rings. The molecule has 0 aliphatic heterocycles. The first-order valence-corrected chi connectivity index (χ1v) is 5.89. The second-order valence-electron chi connectivity index (χ2n) is 3.52. The Morgan fingerprint density at radius 3 is 2.71 bits per heavy atom. The number of hydrogen-bond acceptors (Lipinski definition) is 1. The van der Waals surface area contributed by atoms with Crippen LogP contribution in [0.25, 0.3) is 0 Å². The number of allylic oxidation sites excluding steroid dienone is 1. The number of halogens is 1. The van der Waals surface area contributed by atoms with Crippen molar-refractivity contribution in [2.75, 3.05) is 5.32 Å². The molecule has 76 valence electrons. The second kappa shape index (κ2) is 5.39. The lowest BCUT2D eigenvalue weighted by atomic mass is 10.1. The van der Waals surface area contributed by atoms with Gasteiger partial charge in [-0.25, -0.2) is 0 Å². The lowest BCUT2D eigenvalue weighted by Gasteiger charge is -2.08. The fourth-order valence-electron chi connectivity index (χ4n) is 1.22. The fraction of sp³-hybridized carbons (Fsp3) is 0.333. The van der Waals surface area contributed by atoms with Crippen molar-refractivity contribution in [1.29, 1.82) is 0 Å². The molecule has 0 aliphatic rings. The Kier molecular flexibility index (Phi) is 4.45. The molecule has 1 N–H and O–H groups in total. The zero-order valence-electron chi connectivity index (χ0n) is 8.89. The van der Waals surface area contributed by atoms with Crippen molar-refractivity contribution in [3.05, 3.63) is 39.1 Å². The molecule has 0 aliphatic carbocycles. The highest BCUT2D eigenvalue weighted by Crippen LogP contribution is 2.19. The van der Waals surface area contributed by atoms with E-state index in [-0.39, 0.29) is 0 Å². The quantitative estimate of drug-likeness (QED) is 0.826. The van der Waals surface area contributed by atoms with E-state index in [1.807, 2.05) is 6.20 Å². The van der Waals surface area contributed by atoms with E-state index >= 15 is 0 Å². The molecule has 1 rings (SSSR count). The SMILES string of the molecule is CCc1cc(I)ccc1NC=C(C)C. The average Bonchev–Trinajstić information content (AvgIpc) is 2.15. The van der Waals surface area contributed by atoms with Crippen LogP contribution in [0.4, 0.5) is 5.69 Å². The maximum absolute atomic E-state index is 3.33. The van der Waals surface area contributed by atoms with Crippen molar-refractivity contribution in [2.24, 2.45) is 0 Å². The molecule has 14 heavy (non-hydrogen) atoms. The summed E-state index contributed by atoms with van der Waals surface area (Å²) in [6.07, 6.45) is 3.11. The maximum Gasteiger partial charge on any atom is 0.0412 e. The Morgan fingerprint density at radius 1 is 1.43 bits per heavy atom. The number of hydrogen-bond donors (Lipinski definition) is 1. The highest BCUT2D eigenvalue weighted by atomic mass is 127. The molecule has 0 heterocycles. The van der Waals surface area contributed by atoms with Gasteiger partial charge in [0.25, 0.3) is 0 Å². The van der Waals surface area contributed by atoms with Crippen LogP contribution in [0.15, 0.2) is 30.0 Å². The molecular weight excluding hydrogens is 285 g/mol. The molecule has 2 heteroatoms. The number of rotatable bonds is 3. The van der Waals surface area contributed by atoms with Crippen LogP contribution >= 0.6 is 22.6 Å². The molecule has 0 saturated heterocycles. The molecule has 0 unspecified atom stereocenters. The van der Waals surface area contributed by atoms with Crippen LogP contribution in [0.5, 0.6) is 0 Å². The third-order valence-corrected chi connectivity index (χ3v) is 2.64. The highest BCUT2D eigenvalue weighted by molar-refractivity contribution is 14.1. The first-order valence-electron chi connectivity index (χ1n) is 4.82. The minimum Gasteiger partial charge on any atom is -0.362 e. The van der Waals surface area contributed by atoms with Crippen LogP contribution in [-0.4, -0.2) is 0 Å². The van der Waals surface area contributed by atoms with Gasteiger partial charge in [0.15, 0.2) is 0 Å². The average molecular weight is 301 g/mol. The first-order chi connectivity index (χ1) is 6.63. The van der Waals surface area contributed by atoms with E-state index in [0.29, 0.717) is 0 Å². The number of benzene rings is 1. The molecule has 0 radical (unpaired) electrons. The van der Waals surface area contributed by atoms with E-state index in [1.165, 1.54) is 20.4 Å². The molecule has 0 spiro atoms. The summed E-state index contributed by atoms with van der Waals surface area (Å²) in [5, 5.41) is 3.33. The second-order valence-corrected chi connectivity index (χ2v) is 4.77. The van der Waals surface area contributed by atoms with Crippen LogP contribution < -0.4 is 5.32 Å². The van der Waals surface area contributed by atoms with Crippen LogP contribution in [0, 0.1) is 3.57 Å². The molecule has 0 amide bonds. The molecule has 0 saturated carbocycles. The van der Waals surface area contributed by atoms with Crippen molar-refractivity contribution < 1.29 is 0 Å². The van der Waals surface area contributed by atoms with Gasteiger partial charge < -0.3 is 5.32 Å². The molecule has 1 nitrogen and oxygen atoms in total. The predicted molar refractivity (Wildman–Crippen MR) is 71.6 cm³/mol. The molecule has 0 aromatic heterocycles. The van der Waals surface area contributed by atoms with Gasteiger partial charge in [0.2, 0.25) is 0 Å². The van der Waals surface area contributed by atoms with E-state index in [4.69, 9.17) is 0 Å². The number of aryl methyl sites for hydroxylation is 1. The van der Waals surface area contributed by atoms with Gasteiger partial charge in [-0.2, -0.15) is 0 Å². The lowest BCUT2D eigenvalue weighted by molar-refractivity contribution is 1.14. The summed E-state index contributed by atoms with van der Waals surface area (Å²) in [5.74, 6) is 0. The Morgan fingerprint density at radius 2 is 2.14 bits per heavy atom. The summed E-state index contributed by atoms with van der Waals surface area (Å²) in [5.41, 5.74) is 3.87. The third-order valence-electron chi connectivity index (χ3n) is 1.96. The van der Waals surface area contributed by atoms with Crippen LogP contribution in [0.3, 0.4) is 0 Å². The van der Waals surface area contributed by atoms with Gasteiger partial charge in [-0.1, -0.05) is 12.5 Å². The molecule has 0 bridgehead atoms. The van der Waals surface area contributed by atoms with Crippen LogP contribution in [0.2, 0.25) is 0 Å². The molecular formula is C12H16IN. The Labute approximate surface area is 99.7 Å². The van der Waals surface area contributed by atoms with Gasteiger partial charge in [-0.3, -0.25) is 0 Å². The van der Waals surface area contributed by atoms with E-state index < -0.39 is 0 Å². The van der Waals surface area contributed by atoms with Gasteiger partial charge in [0.1, 0.15) is 0 Å². The molecule has 1 aromatic rings. The van der Waals surface area contributed by atoms with Crippen molar-refractivity contribution in [3.63, 3.8) is 0 Å². The third kappa shape index (κ3) is 3.33. The van der Waals surface area contributed by atoms with Crippen LogP contribution in [0.1, 0.15) is 26.3 Å². The Bertz CT molecular complexity index is 338. The lowest BCUT2D eigenvalue weighted by Crippen LogP contribution is -1.94. The summed E-state index contributed by atoms with van der Waals surface area (Å²) in [4.78, 5) is 0. The van der Waals surface area contributed by atoms with Crippen LogP contribution in [-0.2, 0) is 6.42 Å². The topological polar surface area (TPSA) is 12.0 Å². The maximum atomic E-state index is 3.33. The number of anilines is 1. The van der Waals surface area contributed by atoms with E-state index in [0.717, 1.165) is 6.42 Å².